The molecule has 0 radical (unpaired) electrons. The largest absolute Gasteiger partial charge is 0.197 e. The quantitative estimate of drug-likeness (QED) is 0.602. The van der Waals surface area contributed by atoms with E-state index in [0.717, 1.165) is 0 Å². The second-order valence-corrected chi connectivity index (χ2v) is 1.65. The Bertz CT molecular complexity index is 142. The van der Waals surface area contributed by atoms with Crippen molar-refractivity contribution in [2.75, 3.05) is 0 Å². The van der Waals surface area contributed by atoms with Gasteiger partial charge in [0.2, 0.25) is 0 Å². The maximum absolute atomic E-state index is 2.08. The van der Waals surface area contributed by atoms with Gasteiger partial charge in [-0.2, -0.15) is 13.5 Å². The summed E-state index contributed by atoms with van der Waals surface area (Å²) in [5.74, 6) is 0. The normalized spacial score (nSPS) is 6.10. The Balaban J connectivity index is -0.000000163. The molecule has 0 aliphatic heterocycles. The lowest BCUT2D eigenvalue weighted by Crippen LogP contribution is -1.62. The van der Waals surface area contributed by atoms with Crippen LogP contribution in [0.5, 0.6) is 0 Å². The van der Waals surface area contributed by atoms with Crippen LogP contribution in [-0.2, 0) is 0 Å². The van der Waals surface area contributed by atoms with Crippen molar-refractivity contribution < 1.29 is 0 Å². The molecule has 0 aliphatic rings. The van der Waals surface area contributed by atoms with E-state index in [1.807, 2.05) is 18.2 Å². The zero-order valence-corrected chi connectivity index (χ0v) is 8.34. The lowest BCUT2D eigenvalue weighted by Gasteiger charge is -1.82. The molecule has 3 heteroatoms. The molecule has 0 aromatic heterocycles. The van der Waals surface area contributed by atoms with E-state index in [9.17, 15) is 0 Å². The van der Waals surface area contributed by atoms with Crippen molar-refractivity contribution in [1.82, 2.24) is 0 Å². The first-order valence-corrected chi connectivity index (χ1v) is 2.41. The first-order valence-electron chi connectivity index (χ1n) is 2.41. The minimum Gasteiger partial charge on any atom is -0.197 e. The van der Waals surface area contributed by atoms with E-state index in [1.54, 1.807) is 0 Å². The van der Waals surface area contributed by atoms with Gasteiger partial charge in [-0.1, -0.05) is 35.9 Å². The third kappa shape index (κ3) is 6.27. The van der Waals surface area contributed by atoms with E-state index in [0.29, 0.717) is 0 Å². The first kappa shape index (κ1) is 16.6. The SMILES string of the molecule is Cc1ccccc1.Cl.Cl.S. The molecule has 1 aromatic carbocycles. The lowest BCUT2D eigenvalue weighted by atomic mass is 10.2. The third-order valence-corrected chi connectivity index (χ3v) is 0.940. The molecule has 60 valence electrons. The van der Waals surface area contributed by atoms with Crippen molar-refractivity contribution in [1.29, 1.82) is 0 Å². The third-order valence-electron chi connectivity index (χ3n) is 0.940. The molecule has 0 atom stereocenters. The lowest BCUT2D eigenvalue weighted by molar-refractivity contribution is 1.48. The van der Waals surface area contributed by atoms with Crippen LogP contribution in [0.3, 0.4) is 0 Å². The molecule has 0 heterocycles. The van der Waals surface area contributed by atoms with Gasteiger partial charge in [0.25, 0.3) is 0 Å². The smallest absolute Gasteiger partial charge is 0.0398 e. The number of hydrogen-bond acceptors (Lipinski definition) is 0. The zero-order chi connectivity index (χ0) is 5.11. The van der Waals surface area contributed by atoms with Crippen LogP contribution >= 0.6 is 38.3 Å². The number of hydrogen-bond donors (Lipinski definition) is 0. The summed E-state index contributed by atoms with van der Waals surface area (Å²) in [6.45, 7) is 2.08. The van der Waals surface area contributed by atoms with Crippen LogP contribution in [0.15, 0.2) is 30.3 Å². The van der Waals surface area contributed by atoms with Crippen molar-refractivity contribution in [3.8, 4) is 0 Å². The monoisotopic (exact) mass is 198 g/mol. The molecule has 1 aromatic rings. The van der Waals surface area contributed by atoms with Crippen LogP contribution in [0.2, 0.25) is 0 Å². The topological polar surface area (TPSA) is 0 Å². The van der Waals surface area contributed by atoms with Crippen LogP contribution in [0.25, 0.3) is 0 Å². The predicted octanol–water partition coefficient (Wildman–Crippen LogP) is 2.95. The summed E-state index contributed by atoms with van der Waals surface area (Å²) in [5.41, 5.74) is 1.32. The Morgan fingerprint density at radius 1 is 0.900 bits per heavy atom. The van der Waals surface area contributed by atoms with E-state index in [4.69, 9.17) is 0 Å². The maximum atomic E-state index is 2.08. The zero-order valence-electron chi connectivity index (χ0n) is 5.70. The number of aryl methyl sites for hydroxylation is 1. The van der Waals surface area contributed by atoms with Crippen LogP contribution < -0.4 is 0 Å². The van der Waals surface area contributed by atoms with Gasteiger partial charge in [0.1, 0.15) is 0 Å². The van der Waals surface area contributed by atoms with E-state index < -0.39 is 0 Å². The van der Waals surface area contributed by atoms with Crippen molar-refractivity contribution in [2.45, 2.75) is 6.92 Å². The minimum absolute atomic E-state index is 0. The number of halogens is 2. The summed E-state index contributed by atoms with van der Waals surface area (Å²) < 4.78 is 0. The molecule has 0 spiro atoms. The Morgan fingerprint density at radius 2 is 1.30 bits per heavy atom. The van der Waals surface area contributed by atoms with Crippen molar-refractivity contribution >= 4 is 38.3 Å². The highest BCUT2D eigenvalue weighted by Crippen LogP contribution is 1.92. The Morgan fingerprint density at radius 3 is 1.50 bits per heavy atom. The number of rotatable bonds is 0. The van der Waals surface area contributed by atoms with Gasteiger partial charge in [-0.25, -0.2) is 0 Å². The summed E-state index contributed by atoms with van der Waals surface area (Å²) >= 11 is 0. The highest BCUT2D eigenvalue weighted by molar-refractivity contribution is 7.59. The van der Waals surface area contributed by atoms with Crippen LogP contribution in [0, 0.1) is 6.92 Å². The van der Waals surface area contributed by atoms with E-state index >= 15 is 0 Å². The van der Waals surface area contributed by atoms with Gasteiger partial charge < -0.3 is 0 Å². The average Bonchev–Trinajstić information content (AvgIpc) is 1.69. The van der Waals surface area contributed by atoms with Gasteiger partial charge in [-0.3, -0.25) is 0 Å². The molecule has 1 rings (SSSR count). The Hall–Kier alpha value is 0.150. The molecule has 0 nitrogen and oxygen atoms in total. The van der Waals surface area contributed by atoms with Gasteiger partial charge in [0.05, 0.1) is 0 Å². The second kappa shape index (κ2) is 9.15. The fraction of sp³-hybridized carbons (Fsp3) is 0.143. The molecule has 0 saturated carbocycles. The Labute approximate surface area is 81.3 Å². The summed E-state index contributed by atoms with van der Waals surface area (Å²) in [4.78, 5) is 0. The molecule has 0 saturated heterocycles. The van der Waals surface area contributed by atoms with Gasteiger partial charge in [0, 0.05) is 0 Å². The van der Waals surface area contributed by atoms with Crippen LogP contribution in [0.4, 0.5) is 0 Å². The number of benzene rings is 1. The summed E-state index contributed by atoms with van der Waals surface area (Å²) in [7, 11) is 0. The molecule has 0 amide bonds. The summed E-state index contributed by atoms with van der Waals surface area (Å²) in [6.07, 6.45) is 0. The molecule has 0 N–H and O–H groups in total. The first-order chi connectivity index (χ1) is 3.39. The molecular formula is C7H12Cl2S. The van der Waals surface area contributed by atoms with Crippen molar-refractivity contribution in [3.05, 3.63) is 35.9 Å². The Kier molecular flexibility index (Phi) is 15.2. The maximum Gasteiger partial charge on any atom is -0.0398 e. The summed E-state index contributed by atoms with van der Waals surface area (Å²) in [5, 5.41) is 0. The fourth-order valence-electron chi connectivity index (χ4n) is 0.534. The molecule has 0 aliphatic carbocycles. The van der Waals surface area contributed by atoms with Crippen LogP contribution in [0.1, 0.15) is 5.56 Å². The molecular weight excluding hydrogens is 187 g/mol. The van der Waals surface area contributed by atoms with Gasteiger partial charge >= 0.3 is 0 Å². The van der Waals surface area contributed by atoms with Gasteiger partial charge in [-0.15, -0.1) is 24.8 Å². The van der Waals surface area contributed by atoms with E-state index in [-0.39, 0.29) is 38.3 Å². The highest BCUT2D eigenvalue weighted by atomic mass is 35.5. The molecule has 0 bridgehead atoms. The van der Waals surface area contributed by atoms with Crippen molar-refractivity contribution in [2.24, 2.45) is 0 Å². The fourth-order valence-corrected chi connectivity index (χ4v) is 0.534. The minimum atomic E-state index is 0. The van der Waals surface area contributed by atoms with Crippen molar-refractivity contribution in [3.63, 3.8) is 0 Å². The second-order valence-electron chi connectivity index (χ2n) is 1.65. The molecule has 10 heavy (non-hydrogen) atoms. The van der Waals surface area contributed by atoms with Crippen LogP contribution in [-0.4, -0.2) is 0 Å². The molecule has 0 fully saturated rings. The standard InChI is InChI=1S/C7H8.2ClH.H2S/c1-7-5-3-2-4-6-7;;;/h2-6H,1H3;2*1H;1H2. The van der Waals surface area contributed by atoms with E-state index in [2.05, 4.69) is 19.1 Å². The average molecular weight is 199 g/mol. The predicted molar refractivity (Wildman–Crippen MR) is 56.1 cm³/mol. The van der Waals surface area contributed by atoms with Gasteiger partial charge in [-0.05, 0) is 6.92 Å². The summed E-state index contributed by atoms with van der Waals surface area (Å²) in [6, 6.07) is 10.3. The van der Waals surface area contributed by atoms with Gasteiger partial charge in [0.15, 0.2) is 0 Å². The highest BCUT2D eigenvalue weighted by Gasteiger charge is 1.72. The van der Waals surface area contributed by atoms with E-state index in [1.165, 1.54) is 5.56 Å². The molecule has 0 unspecified atom stereocenters.